The van der Waals surface area contributed by atoms with E-state index in [-0.39, 0.29) is 5.91 Å². The molecule has 0 bridgehead atoms. The van der Waals surface area contributed by atoms with Crippen LogP contribution in [0.15, 0.2) is 24.5 Å². The molecule has 1 amide bonds. The first kappa shape index (κ1) is 13.9. The van der Waals surface area contributed by atoms with Crippen molar-refractivity contribution in [3.05, 3.63) is 30.1 Å². The molecule has 1 aromatic rings. The zero-order chi connectivity index (χ0) is 13.9. The fourth-order valence-electron chi connectivity index (χ4n) is 2.48. The van der Waals surface area contributed by atoms with Crippen LogP contribution >= 0.6 is 12.2 Å². The third-order valence-electron chi connectivity index (χ3n) is 3.89. The number of hydrogen-bond acceptors (Lipinski definition) is 3. The minimum absolute atomic E-state index is 0.134. The fourth-order valence-corrected chi connectivity index (χ4v) is 2.74. The van der Waals surface area contributed by atoms with Crippen LogP contribution in [0.25, 0.3) is 0 Å². The summed E-state index contributed by atoms with van der Waals surface area (Å²) in [7, 11) is 0. The summed E-state index contributed by atoms with van der Waals surface area (Å²) in [5.74, 6) is 0.532. The Balaban J connectivity index is 2.14. The Kier molecular flexibility index (Phi) is 4.14. The van der Waals surface area contributed by atoms with Gasteiger partial charge in [0.25, 0.3) is 5.91 Å². The van der Waals surface area contributed by atoms with E-state index in [2.05, 4.69) is 17.2 Å². The summed E-state index contributed by atoms with van der Waals surface area (Å²) < 4.78 is 0. The van der Waals surface area contributed by atoms with Gasteiger partial charge in [0, 0.05) is 18.0 Å². The maximum absolute atomic E-state index is 12.2. The molecule has 1 aliphatic carbocycles. The van der Waals surface area contributed by atoms with E-state index in [0.717, 1.165) is 25.7 Å². The minimum Gasteiger partial charge on any atom is -0.391 e. The summed E-state index contributed by atoms with van der Waals surface area (Å²) in [5, 5.41) is 3.04. The normalized spacial score (nSPS) is 26.7. The van der Waals surface area contributed by atoms with Crippen molar-refractivity contribution in [1.82, 2.24) is 10.3 Å². The van der Waals surface area contributed by atoms with Gasteiger partial charge in [0.1, 0.15) is 0 Å². The van der Waals surface area contributed by atoms with Gasteiger partial charge in [0.15, 0.2) is 0 Å². The highest BCUT2D eigenvalue weighted by atomic mass is 32.1. The highest BCUT2D eigenvalue weighted by Crippen LogP contribution is 2.32. The van der Waals surface area contributed by atoms with Crippen molar-refractivity contribution in [1.29, 1.82) is 0 Å². The molecule has 5 heteroatoms. The maximum Gasteiger partial charge on any atom is 0.252 e. The molecule has 2 rings (SSSR count). The van der Waals surface area contributed by atoms with Gasteiger partial charge in [-0.25, -0.2) is 0 Å². The van der Waals surface area contributed by atoms with Gasteiger partial charge in [0.05, 0.1) is 10.5 Å². The van der Waals surface area contributed by atoms with Crippen molar-refractivity contribution in [3.8, 4) is 0 Å². The van der Waals surface area contributed by atoms with Crippen LogP contribution in [0.2, 0.25) is 0 Å². The van der Waals surface area contributed by atoms with Crippen LogP contribution in [-0.2, 0) is 0 Å². The van der Waals surface area contributed by atoms with Crippen LogP contribution in [0.5, 0.6) is 0 Å². The molecule has 4 nitrogen and oxygen atoms in total. The molecule has 1 fully saturated rings. The maximum atomic E-state index is 12.2. The lowest BCUT2D eigenvalue weighted by Gasteiger charge is -2.39. The SMILES string of the molecule is CC1CCC(NC(=O)c2ccncc2)(C(N)=S)CC1. The second kappa shape index (κ2) is 5.65. The fraction of sp³-hybridized carbons (Fsp3) is 0.500. The molecule has 3 N–H and O–H groups in total. The van der Waals surface area contributed by atoms with Crippen molar-refractivity contribution in [2.45, 2.75) is 38.1 Å². The molecule has 0 aliphatic heterocycles. The van der Waals surface area contributed by atoms with E-state index in [1.165, 1.54) is 0 Å². The van der Waals surface area contributed by atoms with Gasteiger partial charge in [-0.05, 0) is 43.7 Å². The van der Waals surface area contributed by atoms with E-state index in [4.69, 9.17) is 18.0 Å². The Morgan fingerprint density at radius 1 is 1.42 bits per heavy atom. The van der Waals surface area contributed by atoms with Gasteiger partial charge in [-0.15, -0.1) is 0 Å². The molecular weight excluding hydrogens is 258 g/mol. The minimum atomic E-state index is -0.526. The van der Waals surface area contributed by atoms with Gasteiger partial charge in [-0.3, -0.25) is 9.78 Å². The van der Waals surface area contributed by atoms with E-state index < -0.39 is 5.54 Å². The van der Waals surface area contributed by atoms with E-state index in [1.807, 2.05) is 0 Å². The lowest BCUT2D eigenvalue weighted by molar-refractivity contribution is 0.0900. The topological polar surface area (TPSA) is 68.0 Å². The number of pyridine rings is 1. The number of carbonyl (C=O) groups is 1. The molecule has 1 aromatic heterocycles. The zero-order valence-electron chi connectivity index (χ0n) is 11.1. The molecule has 0 radical (unpaired) electrons. The molecule has 1 aliphatic rings. The number of nitrogens with zero attached hydrogens (tertiary/aromatic N) is 1. The number of nitrogens with one attached hydrogen (secondary N) is 1. The van der Waals surface area contributed by atoms with E-state index in [1.54, 1.807) is 24.5 Å². The third kappa shape index (κ3) is 3.10. The van der Waals surface area contributed by atoms with Crippen LogP contribution in [-0.4, -0.2) is 21.4 Å². The molecule has 0 atom stereocenters. The Bertz CT molecular complexity index is 467. The number of thiocarbonyl (C=S) groups is 1. The largest absolute Gasteiger partial charge is 0.391 e. The van der Waals surface area contributed by atoms with Crippen LogP contribution < -0.4 is 11.1 Å². The molecule has 0 aromatic carbocycles. The van der Waals surface area contributed by atoms with Crippen molar-refractivity contribution in [2.75, 3.05) is 0 Å². The first-order chi connectivity index (χ1) is 9.03. The van der Waals surface area contributed by atoms with E-state index in [9.17, 15) is 4.79 Å². The van der Waals surface area contributed by atoms with Crippen molar-refractivity contribution in [2.24, 2.45) is 11.7 Å². The van der Waals surface area contributed by atoms with Crippen molar-refractivity contribution < 1.29 is 4.79 Å². The Morgan fingerprint density at radius 2 is 2.00 bits per heavy atom. The molecule has 0 saturated heterocycles. The number of nitrogens with two attached hydrogens (primary N) is 1. The molecule has 1 heterocycles. The molecule has 19 heavy (non-hydrogen) atoms. The van der Waals surface area contributed by atoms with E-state index >= 15 is 0 Å². The second-order valence-corrected chi connectivity index (χ2v) is 5.76. The quantitative estimate of drug-likeness (QED) is 0.830. The molecule has 1 saturated carbocycles. The smallest absolute Gasteiger partial charge is 0.252 e. The molecular formula is C14H19N3OS. The molecule has 102 valence electrons. The Labute approximate surface area is 118 Å². The third-order valence-corrected chi connectivity index (χ3v) is 4.29. The molecule has 0 spiro atoms. The first-order valence-electron chi connectivity index (χ1n) is 6.56. The number of hydrogen-bond donors (Lipinski definition) is 2. The van der Waals surface area contributed by atoms with Gasteiger partial charge >= 0.3 is 0 Å². The zero-order valence-corrected chi connectivity index (χ0v) is 11.9. The summed E-state index contributed by atoms with van der Waals surface area (Å²) in [5.41, 5.74) is 5.94. The average molecular weight is 277 g/mol. The highest BCUT2D eigenvalue weighted by molar-refractivity contribution is 7.80. The first-order valence-corrected chi connectivity index (χ1v) is 6.97. The van der Waals surface area contributed by atoms with Crippen molar-refractivity contribution >= 4 is 23.1 Å². The summed E-state index contributed by atoms with van der Waals surface area (Å²) in [6.45, 7) is 2.22. The van der Waals surface area contributed by atoms with Crippen LogP contribution in [0.3, 0.4) is 0 Å². The Hall–Kier alpha value is -1.49. The molecule has 0 unspecified atom stereocenters. The predicted molar refractivity (Wildman–Crippen MR) is 78.9 cm³/mol. The number of aromatic nitrogens is 1. The summed E-state index contributed by atoms with van der Waals surface area (Å²) >= 11 is 5.19. The summed E-state index contributed by atoms with van der Waals surface area (Å²) in [6.07, 6.45) is 6.92. The average Bonchev–Trinajstić information content (AvgIpc) is 2.42. The van der Waals surface area contributed by atoms with Crippen molar-refractivity contribution in [3.63, 3.8) is 0 Å². The van der Waals surface area contributed by atoms with Gasteiger partial charge in [-0.1, -0.05) is 19.1 Å². The number of carbonyl (C=O) groups excluding carboxylic acids is 1. The summed E-state index contributed by atoms with van der Waals surface area (Å²) in [4.78, 5) is 16.5. The van der Waals surface area contributed by atoms with Gasteiger partial charge in [0.2, 0.25) is 0 Å². The van der Waals surface area contributed by atoms with Crippen LogP contribution in [0, 0.1) is 5.92 Å². The van der Waals surface area contributed by atoms with Gasteiger partial charge in [-0.2, -0.15) is 0 Å². The predicted octanol–water partition coefficient (Wildman–Crippen LogP) is 2.05. The van der Waals surface area contributed by atoms with Gasteiger partial charge < -0.3 is 11.1 Å². The number of amides is 1. The lowest BCUT2D eigenvalue weighted by atomic mass is 9.77. The standard InChI is InChI=1S/C14H19N3OS/c1-10-2-6-14(7-3-10,13(15)19)17-12(18)11-4-8-16-9-5-11/h4-5,8-10H,2-3,6-7H2,1H3,(H2,15,19)(H,17,18). The number of rotatable bonds is 3. The highest BCUT2D eigenvalue weighted by Gasteiger charge is 2.38. The second-order valence-electron chi connectivity index (χ2n) is 5.32. The van der Waals surface area contributed by atoms with Crippen LogP contribution in [0.4, 0.5) is 0 Å². The van der Waals surface area contributed by atoms with E-state index in [0.29, 0.717) is 16.5 Å². The lowest BCUT2D eigenvalue weighted by Crippen LogP contribution is -2.58. The monoisotopic (exact) mass is 277 g/mol. The summed E-state index contributed by atoms with van der Waals surface area (Å²) in [6, 6.07) is 3.38. The van der Waals surface area contributed by atoms with Crippen LogP contribution in [0.1, 0.15) is 43.0 Å². The Morgan fingerprint density at radius 3 is 2.53 bits per heavy atom.